The lowest BCUT2D eigenvalue weighted by Gasteiger charge is -2.30. The number of nitrogens with zero attached hydrogens (tertiary/aromatic N) is 2. The zero-order valence-electron chi connectivity index (χ0n) is 11.1. The molecule has 2 aromatic rings. The minimum atomic E-state index is -0.262. The van der Waals surface area contributed by atoms with Crippen LogP contribution in [-0.2, 0) is 16.1 Å². The van der Waals surface area contributed by atoms with Crippen molar-refractivity contribution < 1.29 is 9.59 Å². The van der Waals surface area contributed by atoms with Gasteiger partial charge in [-0.3, -0.25) is 19.8 Å². The van der Waals surface area contributed by atoms with E-state index < -0.39 is 0 Å². The number of fused-ring (bicyclic) bond motifs is 1. The predicted octanol–water partition coefficient (Wildman–Crippen LogP) is 1.53. The molecule has 0 spiro atoms. The number of piperazine rings is 1. The number of aromatic nitrogens is 1. The minimum absolute atomic E-state index is 0.150. The van der Waals surface area contributed by atoms with Crippen molar-refractivity contribution in [1.29, 1.82) is 0 Å². The molecular weight excluding hydrogens is 274 g/mol. The summed E-state index contributed by atoms with van der Waals surface area (Å²) in [4.78, 5) is 29.9. The maximum atomic E-state index is 12.2. The molecule has 0 bridgehead atoms. The Labute approximate surface area is 120 Å². The number of amides is 2. The molecule has 1 aromatic carbocycles. The average molecular weight is 289 g/mol. The van der Waals surface area contributed by atoms with Crippen LogP contribution in [0.15, 0.2) is 24.3 Å². The van der Waals surface area contributed by atoms with E-state index in [-0.39, 0.29) is 30.9 Å². The normalized spacial score (nSPS) is 19.9. The van der Waals surface area contributed by atoms with E-state index in [9.17, 15) is 9.59 Å². The van der Waals surface area contributed by atoms with Crippen LogP contribution in [0.3, 0.4) is 0 Å². The number of benzene rings is 1. The highest BCUT2D eigenvalue weighted by atomic mass is 32.1. The summed E-state index contributed by atoms with van der Waals surface area (Å²) in [6.45, 7) is 2.42. The number of imide groups is 1. The van der Waals surface area contributed by atoms with Crippen LogP contribution >= 0.6 is 11.3 Å². The van der Waals surface area contributed by atoms with Gasteiger partial charge in [-0.25, -0.2) is 4.98 Å². The van der Waals surface area contributed by atoms with Gasteiger partial charge in [-0.15, -0.1) is 11.3 Å². The summed E-state index contributed by atoms with van der Waals surface area (Å²) in [6, 6.07) is 7.55. The van der Waals surface area contributed by atoms with Gasteiger partial charge < -0.3 is 0 Å². The van der Waals surface area contributed by atoms with E-state index in [1.54, 1.807) is 0 Å². The first-order chi connectivity index (χ1) is 9.69. The Morgan fingerprint density at radius 1 is 1.40 bits per heavy atom. The molecule has 6 heteroatoms. The highest BCUT2D eigenvalue weighted by Gasteiger charge is 2.33. The Hall–Kier alpha value is -1.79. The van der Waals surface area contributed by atoms with Gasteiger partial charge in [-0.1, -0.05) is 19.1 Å². The molecule has 2 amide bonds. The summed E-state index contributed by atoms with van der Waals surface area (Å²) in [5.74, 6) is -0.332. The lowest BCUT2D eigenvalue weighted by atomic mass is 10.1. The number of nitrogens with one attached hydrogen (secondary N) is 1. The molecule has 0 saturated carbocycles. The second kappa shape index (κ2) is 5.30. The Morgan fingerprint density at radius 3 is 2.95 bits per heavy atom. The van der Waals surface area contributed by atoms with E-state index >= 15 is 0 Å². The maximum Gasteiger partial charge on any atom is 0.246 e. The Balaban J connectivity index is 1.85. The zero-order chi connectivity index (χ0) is 14.1. The molecule has 104 valence electrons. The SMILES string of the molecule is CCC1NCC(=O)N(Cc2nc3ccccc3s2)C1=O. The highest BCUT2D eigenvalue weighted by molar-refractivity contribution is 7.18. The fourth-order valence-electron chi connectivity index (χ4n) is 2.31. The number of hydrogen-bond donors (Lipinski definition) is 1. The number of rotatable bonds is 3. The van der Waals surface area contributed by atoms with Crippen LogP contribution in [0.4, 0.5) is 0 Å². The number of carbonyl (C=O) groups is 2. The summed E-state index contributed by atoms with van der Waals surface area (Å²) in [7, 11) is 0. The van der Waals surface area contributed by atoms with Crippen molar-refractivity contribution in [3.05, 3.63) is 29.3 Å². The van der Waals surface area contributed by atoms with E-state index in [0.29, 0.717) is 6.42 Å². The molecule has 1 saturated heterocycles. The van der Waals surface area contributed by atoms with E-state index in [1.165, 1.54) is 16.2 Å². The molecule has 1 aliphatic heterocycles. The maximum absolute atomic E-state index is 12.2. The van der Waals surface area contributed by atoms with E-state index in [1.807, 2.05) is 31.2 Å². The van der Waals surface area contributed by atoms with Gasteiger partial charge in [0.15, 0.2) is 0 Å². The third kappa shape index (κ3) is 2.32. The molecule has 1 fully saturated rings. The molecule has 0 aliphatic carbocycles. The number of carbonyl (C=O) groups excluding carboxylic acids is 2. The first-order valence-corrected chi connectivity index (χ1v) is 7.42. The first kappa shape index (κ1) is 13.2. The van der Waals surface area contributed by atoms with Crippen molar-refractivity contribution in [3.63, 3.8) is 0 Å². The fourth-order valence-corrected chi connectivity index (χ4v) is 3.27. The molecule has 20 heavy (non-hydrogen) atoms. The number of para-hydroxylation sites is 1. The molecular formula is C14H15N3O2S. The van der Waals surface area contributed by atoms with E-state index in [4.69, 9.17) is 0 Å². The van der Waals surface area contributed by atoms with Crippen LogP contribution in [0.1, 0.15) is 18.4 Å². The summed E-state index contributed by atoms with van der Waals surface area (Å²) >= 11 is 1.53. The van der Waals surface area contributed by atoms with Gasteiger partial charge in [0.05, 0.1) is 29.3 Å². The summed E-state index contributed by atoms with van der Waals surface area (Å²) < 4.78 is 1.07. The highest BCUT2D eigenvalue weighted by Crippen LogP contribution is 2.23. The number of hydrogen-bond acceptors (Lipinski definition) is 5. The predicted molar refractivity (Wildman–Crippen MR) is 77.3 cm³/mol. The second-order valence-electron chi connectivity index (χ2n) is 4.74. The molecule has 2 heterocycles. The third-order valence-electron chi connectivity index (χ3n) is 3.40. The van der Waals surface area contributed by atoms with Crippen LogP contribution in [0.5, 0.6) is 0 Å². The molecule has 5 nitrogen and oxygen atoms in total. The topological polar surface area (TPSA) is 62.3 Å². The van der Waals surface area contributed by atoms with Crippen LogP contribution in [0, 0.1) is 0 Å². The lowest BCUT2D eigenvalue weighted by molar-refractivity contribution is -0.150. The zero-order valence-corrected chi connectivity index (χ0v) is 11.9. The molecule has 1 unspecified atom stereocenters. The van der Waals surface area contributed by atoms with Crippen molar-refractivity contribution >= 4 is 33.4 Å². The van der Waals surface area contributed by atoms with Crippen LogP contribution < -0.4 is 5.32 Å². The van der Waals surface area contributed by atoms with Gasteiger partial charge >= 0.3 is 0 Å². The van der Waals surface area contributed by atoms with Crippen molar-refractivity contribution in [3.8, 4) is 0 Å². The van der Waals surface area contributed by atoms with Crippen molar-refractivity contribution in [2.24, 2.45) is 0 Å². The standard InChI is InChI=1S/C14H15N3O2S/c1-2-9-14(19)17(13(18)7-15-9)8-12-16-10-5-3-4-6-11(10)20-12/h3-6,9,15H,2,7-8H2,1H3. The average Bonchev–Trinajstić information content (AvgIpc) is 2.86. The molecule has 1 aliphatic rings. The summed E-state index contributed by atoms with van der Waals surface area (Å²) in [5.41, 5.74) is 0.912. The molecule has 1 N–H and O–H groups in total. The van der Waals surface area contributed by atoms with Gasteiger partial charge in [0.25, 0.3) is 0 Å². The quantitative estimate of drug-likeness (QED) is 0.871. The van der Waals surface area contributed by atoms with Crippen LogP contribution in [0.2, 0.25) is 0 Å². The van der Waals surface area contributed by atoms with Crippen LogP contribution in [-0.4, -0.2) is 34.3 Å². The second-order valence-corrected chi connectivity index (χ2v) is 5.85. The lowest BCUT2D eigenvalue weighted by Crippen LogP contribution is -2.57. The van der Waals surface area contributed by atoms with Crippen molar-refractivity contribution in [2.45, 2.75) is 25.9 Å². The monoisotopic (exact) mass is 289 g/mol. The number of thiazole rings is 1. The van der Waals surface area contributed by atoms with Gasteiger partial charge in [0.1, 0.15) is 5.01 Å². The molecule has 1 atom stereocenters. The van der Waals surface area contributed by atoms with Crippen molar-refractivity contribution in [1.82, 2.24) is 15.2 Å². The van der Waals surface area contributed by atoms with Crippen LogP contribution in [0.25, 0.3) is 10.2 Å². The Kier molecular flexibility index (Phi) is 3.50. The Bertz CT molecular complexity index is 634. The largest absolute Gasteiger partial charge is 0.297 e. The Morgan fingerprint density at radius 2 is 2.20 bits per heavy atom. The van der Waals surface area contributed by atoms with Crippen molar-refractivity contribution in [2.75, 3.05) is 6.54 Å². The third-order valence-corrected chi connectivity index (χ3v) is 4.43. The minimum Gasteiger partial charge on any atom is -0.297 e. The van der Waals surface area contributed by atoms with Gasteiger partial charge in [0.2, 0.25) is 11.8 Å². The van der Waals surface area contributed by atoms with E-state index in [2.05, 4.69) is 10.3 Å². The summed E-state index contributed by atoms with van der Waals surface area (Å²) in [6.07, 6.45) is 0.683. The smallest absolute Gasteiger partial charge is 0.246 e. The van der Waals surface area contributed by atoms with Gasteiger partial charge in [-0.2, -0.15) is 0 Å². The fraction of sp³-hybridized carbons (Fsp3) is 0.357. The van der Waals surface area contributed by atoms with Gasteiger partial charge in [0, 0.05) is 0 Å². The molecule has 0 radical (unpaired) electrons. The van der Waals surface area contributed by atoms with E-state index in [0.717, 1.165) is 15.2 Å². The van der Waals surface area contributed by atoms with Gasteiger partial charge in [-0.05, 0) is 18.6 Å². The molecule has 3 rings (SSSR count). The first-order valence-electron chi connectivity index (χ1n) is 6.61. The molecule has 1 aromatic heterocycles. The summed E-state index contributed by atoms with van der Waals surface area (Å²) in [5, 5.41) is 3.75.